The highest BCUT2D eigenvalue weighted by Gasteiger charge is 2.26. The molecule has 2 aliphatic rings. The molecular weight excluding hydrogens is 296 g/mol. The summed E-state index contributed by atoms with van der Waals surface area (Å²) in [7, 11) is 0. The van der Waals surface area contributed by atoms with Crippen LogP contribution in [0.25, 0.3) is 0 Å². The summed E-state index contributed by atoms with van der Waals surface area (Å²) in [5, 5.41) is 0. The van der Waals surface area contributed by atoms with Crippen LogP contribution in [-0.4, -0.2) is 38.6 Å². The molecule has 2 saturated heterocycles. The van der Waals surface area contributed by atoms with Crippen molar-refractivity contribution in [2.24, 2.45) is 0 Å². The number of epoxide rings is 2. The quantitative estimate of drug-likeness (QED) is 0.762. The highest BCUT2D eigenvalue weighted by atomic mass is 32.2. The van der Waals surface area contributed by atoms with E-state index in [2.05, 4.69) is 48.5 Å². The lowest BCUT2D eigenvalue weighted by molar-refractivity contribution is 0.102. The van der Waals surface area contributed by atoms with Gasteiger partial charge in [-0.1, -0.05) is 48.2 Å². The van der Waals surface area contributed by atoms with Crippen molar-refractivity contribution >= 4 is 11.8 Å². The summed E-state index contributed by atoms with van der Waals surface area (Å²) in [4.78, 5) is 2.57. The monoisotopic (exact) mass is 316 g/mol. The van der Waals surface area contributed by atoms with Crippen molar-refractivity contribution < 1.29 is 14.2 Å². The van der Waals surface area contributed by atoms with Gasteiger partial charge in [-0.25, -0.2) is 0 Å². The summed E-state index contributed by atoms with van der Waals surface area (Å²) in [6.45, 7) is 3.26. The molecule has 2 aromatic carbocycles. The summed E-state index contributed by atoms with van der Waals surface area (Å²) < 4.78 is 15.1. The van der Waals surface area contributed by atoms with Crippen molar-refractivity contribution in [1.29, 1.82) is 0 Å². The molecule has 3 nitrogen and oxygen atoms in total. The van der Waals surface area contributed by atoms with E-state index in [9.17, 15) is 0 Å². The molecule has 4 heteroatoms. The molecule has 0 amide bonds. The highest BCUT2D eigenvalue weighted by Crippen LogP contribution is 2.26. The normalized spacial score (nSPS) is 21.6. The molecule has 0 aromatic heterocycles. The predicted molar refractivity (Wildman–Crippen MR) is 87.3 cm³/mol. The Bertz CT molecular complexity index is 489. The van der Waals surface area contributed by atoms with Crippen molar-refractivity contribution in [1.82, 2.24) is 0 Å². The van der Waals surface area contributed by atoms with Crippen LogP contribution in [-0.2, 0) is 14.2 Å². The molecule has 2 fully saturated rings. The average Bonchev–Trinajstić information content (AvgIpc) is 3.46. The van der Waals surface area contributed by atoms with Crippen LogP contribution >= 0.6 is 11.8 Å². The van der Waals surface area contributed by atoms with Gasteiger partial charge in [0, 0.05) is 9.79 Å². The van der Waals surface area contributed by atoms with E-state index in [-0.39, 0.29) is 0 Å². The number of benzene rings is 2. The van der Waals surface area contributed by atoms with Gasteiger partial charge in [0.05, 0.1) is 26.4 Å². The number of hydrogen-bond donors (Lipinski definition) is 0. The van der Waals surface area contributed by atoms with Crippen molar-refractivity contribution in [2.75, 3.05) is 26.4 Å². The number of hydrogen-bond acceptors (Lipinski definition) is 4. The van der Waals surface area contributed by atoms with E-state index in [4.69, 9.17) is 14.2 Å². The molecule has 0 bridgehead atoms. The smallest absolute Gasteiger partial charge is 0.104 e. The second-order valence-corrected chi connectivity index (χ2v) is 6.32. The summed E-state index contributed by atoms with van der Waals surface area (Å²) >= 11 is 1.79. The third kappa shape index (κ3) is 6.20. The Morgan fingerprint density at radius 1 is 0.773 bits per heavy atom. The largest absolute Gasteiger partial charge is 0.376 e. The van der Waals surface area contributed by atoms with E-state index < -0.39 is 0 Å². The van der Waals surface area contributed by atoms with E-state index in [1.807, 2.05) is 12.1 Å². The van der Waals surface area contributed by atoms with E-state index in [1.165, 1.54) is 9.79 Å². The van der Waals surface area contributed by atoms with Gasteiger partial charge in [0.15, 0.2) is 0 Å². The average molecular weight is 316 g/mol. The molecular formula is C18H20O3S. The van der Waals surface area contributed by atoms with E-state index in [1.54, 1.807) is 11.8 Å². The number of rotatable bonds is 6. The summed E-state index contributed by atoms with van der Waals surface area (Å²) in [6.07, 6.45) is 0.785. The molecule has 0 N–H and O–H groups in total. The lowest BCUT2D eigenvalue weighted by Crippen LogP contribution is -2.06. The van der Waals surface area contributed by atoms with Crippen LogP contribution in [0.4, 0.5) is 0 Å². The second-order valence-electron chi connectivity index (χ2n) is 5.18. The molecule has 0 spiro atoms. The van der Waals surface area contributed by atoms with Gasteiger partial charge in [0.1, 0.15) is 12.2 Å². The van der Waals surface area contributed by atoms with Crippen molar-refractivity contribution in [2.45, 2.75) is 22.0 Å². The molecule has 116 valence electrons. The van der Waals surface area contributed by atoms with Gasteiger partial charge in [0.2, 0.25) is 0 Å². The Morgan fingerprint density at radius 3 is 1.55 bits per heavy atom. The summed E-state index contributed by atoms with van der Waals surface area (Å²) in [5.41, 5.74) is 0. The molecule has 2 heterocycles. The molecule has 2 aromatic rings. The third-order valence-corrected chi connectivity index (χ3v) is 4.15. The predicted octanol–water partition coefficient (Wildman–Crippen LogP) is 3.64. The van der Waals surface area contributed by atoms with Gasteiger partial charge in [-0.3, -0.25) is 0 Å². The fourth-order valence-corrected chi connectivity index (χ4v) is 2.63. The van der Waals surface area contributed by atoms with Crippen LogP contribution in [0.15, 0.2) is 70.5 Å². The molecule has 4 rings (SSSR count). The van der Waals surface area contributed by atoms with Gasteiger partial charge < -0.3 is 14.2 Å². The Hall–Kier alpha value is -1.33. The van der Waals surface area contributed by atoms with Gasteiger partial charge >= 0.3 is 0 Å². The lowest BCUT2D eigenvalue weighted by atomic mass is 10.4. The van der Waals surface area contributed by atoms with E-state index in [0.29, 0.717) is 12.2 Å². The van der Waals surface area contributed by atoms with Crippen LogP contribution in [0.5, 0.6) is 0 Å². The maximum absolute atomic E-state index is 5.23. The molecule has 2 aliphatic heterocycles. The van der Waals surface area contributed by atoms with Crippen molar-refractivity contribution in [3.63, 3.8) is 0 Å². The minimum atomic E-state index is 0.392. The van der Waals surface area contributed by atoms with Crippen LogP contribution in [0.1, 0.15) is 0 Å². The molecule has 0 saturated carbocycles. The van der Waals surface area contributed by atoms with E-state index in [0.717, 1.165) is 26.4 Å². The minimum absolute atomic E-state index is 0.392. The zero-order valence-electron chi connectivity index (χ0n) is 12.4. The maximum Gasteiger partial charge on any atom is 0.104 e. The first-order chi connectivity index (χ1) is 10.9. The van der Waals surface area contributed by atoms with Crippen molar-refractivity contribution in [3.8, 4) is 0 Å². The lowest BCUT2D eigenvalue weighted by Gasteiger charge is -1.99. The Morgan fingerprint density at radius 2 is 1.18 bits per heavy atom. The van der Waals surface area contributed by atoms with E-state index >= 15 is 0 Å². The molecule has 2 unspecified atom stereocenters. The highest BCUT2D eigenvalue weighted by molar-refractivity contribution is 7.99. The molecule has 0 aliphatic carbocycles. The summed E-state index contributed by atoms with van der Waals surface area (Å²) in [6, 6.07) is 20.8. The first kappa shape index (κ1) is 15.6. The minimum Gasteiger partial charge on any atom is -0.376 e. The maximum atomic E-state index is 5.23. The SMILES string of the molecule is C(OCC1CO1)C1CO1.c1ccc(Sc2ccccc2)cc1. The van der Waals surface area contributed by atoms with Crippen LogP contribution in [0, 0.1) is 0 Å². The molecule has 22 heavy (non-hydrogen) atoms. The Labute approximate surface area is 135 Å². The number of ether oxygens (including phenoxy) is 3. The first-order valence-corrected chi connectivity index (χ1v) is 8.31. The van der Waals surface area contributed by atoms with Gasteiger partial charge in [-0.15, -0.1) is 0 Å². The second kappa shape index (κ2) is 8.34. The van der Waals surface area contributed by atoms with Crippen LogP contribution in [0.3, 0.4) is 0 Å². The van der Waals surface area contributed by atoms with Crippen LogP contribution < -0.4 is 0 Å². The fourth-order valence-electron chi connectivity index (χ4n) is 1.77. The zero-order chi connectivity index (χ0) is 15.0. The van der Waals surface area contributed by atoms with Crippen molar-refractivity contribution in [3.05, 3.63) is 60.7 Å². The zero-order valence-corrected chi connectivity index (χ0v) is 13.2. The Balaban J connectivity index is 0.000000139. The third-order valence-electron chi connectivity index (χ3n) is 3.13. The van der Waals surface area contributed by atoms with Gasteiger partial charge in [0.25, 0.3) is 0 Å². The first-order valence-electron chi connectivity index (χ1n) is 7.49. The topological polar surface area (TPSA) is 34.3 Å². The summed E-state index contributed by atoms with van der Waals surface area (Å²) in [5.74, 6) is 0. The fraction of sp³-hybridized carbons (Fsp3) is 0.333. The Kier molecular flexibility index (Phi) is 5.90. The van der Waals surface area contributed by atoms with Gasteiger partial charge in [-0.05, 0) is 24.3 Å². The molecule has 2 atom stereocenters. The van der Waals surface area contributed by atoms with Crippen LogP contribution in [0.2, 0.25) is 0 Å². The standard InChI is InChI=1S/C12H10S.C6H10O3/c1-3-7-11(8-4-1)13-12-9-5-2-6-10-12;1(5-3-8-5)7-2-6-4-9-6/h1-10H;5-6H,1-4H2. The molecule has 0 radical (unpaired) electrons. The van der Waals surface area contributed by atoms with Gasteiger partial charge in [-0.2, -0.15) is 0 Å².